The predicted molar refractivity (Wildman–Crippen MR) is 69.5 cm³/mol. The fourth-order valence-corrected chi connectivity index (χ4v) is 2.15. The van der Waals surface area contributed by atoms with E-state index in [4.69, 9.17) is 5.11 Å². The molecule has 0 aliphatic heterocycles. The van der Waals surface area contributed by atoms with E-state index in [0.717, 1.165) is 11.7 Å². The lowest BCUT2D eigenvalue weighted by molar-refractivity contribution is 0.0773. The average Bonchev–Trinajstić information content (AvgIpc) is 2.74. The van der Waals surface area contributed by atoms with Gasteiger partial charge in [0.1, 0.15) is 4.88 Å². The van der Waals surface area contributed by atoms with Crippen molar-refractivity contribution in [2.24, 2.45) is 0 Å². The van der Waals surface area contributed by atoms with Crippen LogP contribution in [0, 0.1) is 0 Å². The Labute approximate surface area is 105 Å². The van der Waals surface area contributed by atoms with Crippen LogP contribution < -0.4 is 5.32 Å². The molecule has 0 fully saturated rings. The van der Waals surface area contributed by atoms with Crippen molar-refractivity contribution in [3.63, 3.8) is 0 Å². The smallest absolute Gasteiger partial charge is 0.265 e. The highest BCUT2D eigenvalue weighted by molar-refractivity contribution is 7.17. The van der Waals surface area contributed by atoms with Crippen molar-refractivity contribution in [2.45, 2.75) is 26.4 Å². The number of aliphatic hydroxyl groups excluding tert-OH is 1. The number of nitrogens with one attached hydrogen (secondary N) is 1. The maximum absolute atomic E-state index is 12.0. The fraction of sp³-hybridized carbons (Fsp3) is 0.636. The van der Waals surface area contributed by atoms with Crippen LogP contribution in [0.25, 0.3) is 0 Å². The van der Waals surface area contributed by atoms with Crippen LogP contribution in [0.1, 0.15) is 29.9 Å². The number of carbonyl (C=O) groups excluding carboxylic acids is 1. The molecule has 0 saturated heterocycles. The van der Waals surface area contributed by atoms with E-state index in [1.807, 2.05) is 6.92 Å². The zero-order valence-electron chi connectivity index (χ0n) is 10.4. The molecule has 96 valence electrons. The number of nitrogens with zero attached hydrogens (tertiary/aromatic N) is 2. The number of amides is 1. The molecule has 0 aliphatic carbocycles. The first-order valence-electron chi connectivity index (χ1n) is 5.67. The lowest BCUT2D eigenvalue weighted by atomic mass is 10.3. The van der Waals surface area contributed by atoms with Crippen molar-refractivity contribution in [2.75, 3.05) is 25.5 Å². The minimum atomic E-state index is -0.385. The van der Waals surface area contributed by atoms with Crippen LogP contribution in [0.2, 0.25) is 0 Å². The van der Waals surface area contributed by atoms with Gasteiger partial charge in [-0.25, -0.2) is 4.98 Å². The van der Waals surface area contributed by atoms with Gasteiger partial charge in [0.2, 0.25) is 0 Å². The Balaban J connectivity index is 2.55. The predicted octanol–water partition coefficient (Wildman–Crippen LogP) is 1.42. The Morgan fingerprint density at radius 2 is 2.41 bits per heavy atom. The monoisotopic (exact) mass is 257 g/mol. The maximum atomic E-state index is 12.0. The summed E-state index contributed by atoms with van der Waals surface area (Å²) in [5, 5.41) is 13.0. The summed E-state index contributed by atoms with van der Waals surface area (Å²) in [6.07, 6.45) is 1.79. The number of hydrogen-bond donors (Lipinski definition) is 2. The molecular weight excluding hydrogens is 238 g/mol. The van der Waals surface area contributed by atoms with Gasteiger partial charge in [-0.3, -0.25) is 4.79 Å². The summed E-state index contributed by atoms with van der Waals surface area (Å²) in [6.45, 7) is 5.04. The molecule has 1 rings (SSSR count). The summed E-state index contributed by atoms with van der Waals surface area (Å²) >= 11 is 1.35. The van der Waals surface area contributed by atoms with Crippen LogP contribution in [0.15, 0.2) is 6.20 Å². The van der Waals surface area contributed by atoms with E-state index in [1.165, 1.54) is 11.3 Å². The first kappa shape index (κ1) is 13.9. The molecule has 1 aromatic heterocycles. The van der Waals surface area contributed by atoms with E-state index in [0.29, 0.717) is 17.8 Å². The third-order valence-corrected chi connectivity index (χ3v) is 3.22. The number of thiazole rings is 1. The second kappa shape index (κ2) is 6.56. The second-order valence-electron chi connectivity index (χ2n) is 3.92. The van der Waals surface area contributed by atoms with Crippen LogP contribution in [-0.4, -0.2) is 47.1 Å². The van der Waals surface area contributed by atoms with E-state index >= 15 is 0 Å². The number of aliphatic hydroxyl groups is 1. The van der Waals surface area contributed by atoms with Gasteiger partial charge < -0.3 is 15.3 Å². The third-order valence-electron chi connectivity index (χ3n) is 2.27. The molecule has 0 bridgehead atoms. The maximum Gasteiger partial charge on any atom is 0.265 e. The Morgan fingerprint density at radius 3 is 3.00 bits per heavy atom. The van der Waals surface area contributed by atoms with Gasteiger partial charge in [0.05, 0.1) is 12.3 Å². The lowest BCUT2D eigenvalue weighted by Crippen LogP contribution is -2.28. The quantitative estimate of drug-likeness (QED) is 0.809. The van der Waals surface area contributed by atoms with Gasteiger partial charge in [0.15, 0.2) is 5.13 Å². The molecule has 1 unspecified atom stereocenters. The van der Waals surface area contributed by atoms with Gasteiger partial charge in [0, 0.05) is 20.1 Å². The van der Waals surface area contributed by atoms with Crippen molar-refractivity contribution >= 4 is 22.4 Å². The van der Waals surface area contributed by atoms with Crippen LogP contribution in [0.4, 0.5) is 5.13 Å². The summed E-state index contributed by atoms with van der Waals surface area (Å²) in [6, 6.07) is 0. The Kier molecular flexibility index (Phi) is 5.37. The van der Waals surface area contributed by atoms with Gasteiger partial charge in [-0.1, -0.05) is 11.3 Å². The zero-order chi connectivity index (χ0) is 12.8. The molecular formula is C11H19N3O2S. The summed E-state index contributed by atoms with van der Waals surface area (Å²) < 4.78 is 0. The van der Waals surface area contributed by atoms with Gasteiger partial charge in [0.25, 0.3) is 5.91 Å². The van der Waals surface area contributed by atoms with E-state index < -0.39 is 0 Å². The third kappa shape index (κ3) is 4.32. The molecule has 1 amide bonds. The Hall–Kier alpha value is -1.14. The molecule has 2 N–H and O–H groups in total. The zero-order valence-corrected chi connectivity index (χ0v) is 11.3. The standard InChI is InChI=1S/C11H19N3O2S/c1-4-12-11-13-7-9(17-11)10(16)14(3)6-5-8(2)15/h7-8,15H,4-6H2,1-3H3,(H,12,13). The first-order valence-corrected chi connectivity index (χ1v) is 6.49. The molecule has 6 heteroatoms. The van der Waals surface area contributed by atoms with Crippen molar-refractivity contribution in [3.05, 3.63) is 11.1 Å². The van der Waals surface area contributed by atoms with Crippen molar-refractivity contribution < 1.29 is 9.90 Å². The molecule has 0 aromatic carbocycles. The van der Waals surface area contributed by atoms with Crippen LogP contribution in [-0.2, 0) is 0 Å². The molecule has 1 aromatic rings. The van der Waals surface area contributed by atoms with Crippen LogP contribution in [0.5, 0.6) is 0 Å². The van der Waals surface area contributed by atoms with Crippen LogP contribution >= 0.6 is 11.3 Å². The molecule has 5 nitrogen and oxygen atoms in total. The molecule has 0 aliphatic rings. The second-order valence-corrected chi connectivity index (χ2v) is 4.96. The van der Waals surface area contributed by atoms with Crippen molar-refractivity contribution in [1.82, 2.24) is 9.88 Å². The molecule has 0 spiro atoms. The highest BCUT2D eigenvalue weighted by Crippen LogP contribution is 2.19. The minimum Gasteiger partial charge on any atom is -0.393 e. The number of aromatic nitrogens is 1. The van der Waals surface area contributed by atoms with E-state index in [9.17, 15) is 4.79 Å². The first-order chi connectivity index (χ1) is 8.04. The minimum absolute atomic E-state index is 0.0488. The normalized spacial score (nSPS) is 12.2. The molecule has 17 heavy (non-hydrogen) atoms. The van der Waals surface area contributed by atoms with E-state index in [1.54, 1.807) is 25.1 Å². The van der Waals surface area contributed by atoms with E-state index in [2.05, 4.69) is 10.3 Å². The summed E-state index contributed by atoms with van der Waals surface area (Å²) in [7, 11) is 1.73. The van der Waals surface area contributed by atoms with Crippen molar-refractivity contribution in [3.8, 4) is 0 Å². The van der Waals surface area contributed by atoms with Gasteiger partial charge in [-0.05, 0) is 20.3 Å². The number of rotatable bonds is 6. The Morgan fingerprint density at radius 1 is 1.71 bits per heavy atom. The van der Waals surface area contributed by atoms with Gasteiger partial charge >= 0.3 is 0 Å². The molecule has 1 heterocycles. The highest BCUT2D eigenvalue weighted by atomic mass is 32.1. The number of anilines is 1. The van der Waals surface area contributed by atoms with E-state index in [-0.39, 0.29) is 12.0 Å². The number of hydrogen-bond acceptors (Lipinski definition) is 5. The summed E-state index contributed by atoms with van der Waals surface area (Å²) in [4.78, 5) is 18.3. The Bertz CT molecular complexity index is 365. The fourth-order valence-electron chi connectivity index (χ4n) is 1.28. The van der Waals surface area contributed by atoms with Crippen LogP contribution in [0.3, 0.4) is 0 Å². The largest absolute Gasteiger partial charge is 0.393 e. The summed E-state index contributed by atoms with van der Waals surface area (Å²) in [5.74, 6) is -0.0488. The molecule has 0 radical (unpaired) electrons. The molecule has 1 atom stereocenters. The average molecular weight is 257 g/mol. The van der Waals surface area contributed by atoms with Gasteiger partial charge in [-0.15, -0.1) is 0 Å². The number of carbonyl (C=O) groups is 1. The molecule has 0 saturated carbocycles. The highest BCUT2D eigenvalue weighted by Gasteiger charge is 2.15. The SMILES string of the molecule is CCNc1ncc(C(=O)N(C)CCC(C)O)s1. The lowest BCUT2D eigenvalue weighted by Gasteiger charge is -2.16. The van der Waals surface area contributed by atoms with Gasteiger partial charge in [-0.2, -0.15) is 0 Å². The topological polar surface area (TPSA) is 65.5 Å². The van der Waals surface area contributed by atoms with Crippen molar-refractivity contribution in [1.29, 1.82) is 0 Å². The summed E-state index contributed by atoms with van der Waals surface area (Å²) in [5.41, 5.74) is 0.